The van der Waals surface area contributed by atoms with Crippen molar-refractivity contribution in [2.45, 2.75) is 52.0 Å². The van der Waals surface area contributed by atoms with Gasteiger partial charge in [0.25, 0.3) is 0 Å². The molecule has 0 bridgehead atoms. The van der Waals surface area contributed by atoms with Crippen molar-refractivity contribution in [1.29, 1.82) is 0 Å². The number of rotatable bonds is 10. The topological polar surface area (TPSA) is 21.3 Å². The lowest BCUT2D eigenvalue weighted by molar-refractivity contribution is 0.188. The van der Waals surface area contributed by atoms with Crippen molar-refractivity contribution in [2.24, 2.45) is 0 Å². The second-order valence-electron chi connectivity index (χ2n) is 5.16. The van der Waals surface area contributed by atoms with Gasteiger partial charge in [0.1, 0.15) is 0 Å². The standard InChI is InChI=1S/C17H29NO/c1-4-12-18-17(7-6-13-19-3)14-16-10-8-15(5-2)9-11-16/h8-11,17-18H,4-7,12-14H2,1-3H3. The SMILES string of the molecule is CCCNC(CCCOC)Cc1ccc(CC)cc1. The fourth-order valence-electron chi connectivity index (χ4n) is 2.29. The maximum atomic E-state index is 5.15. The molecule has 0 aliphatic rings. The number of benzene rings is 1. The van der Waals surface area contributed by atoms with Gasteiger partial charge in [0.15, 0.2) is 0 Å². The van der Waals surface area contributed by atoms with E-state index in [4.69, 9.17) is 4.74 Å². The van der Waals surface area contributed by atoms with Gasteiger partial charge in [-0.1, -0.05) is 38.1 Å². The van der Waals surface area contributed by atoms with E-state index in [1.54, 1.807) is 7.11 Å². The maximum absolute atomic E-state index is 5.15. The molecule has 0 saturated heterocycles. The van der Waals surface area contributed by atoms with Gasteiger partial charge in [-0.2, -0.15) is 0 Å². The van der Waals surface area contributed by atoms with Crippen LogP contribution in [0.5, 0.6) is 0 Å². The van der Waals surface area contributed by atoms with E-state index < -0.39 is 0 Å². The first-order valence-corrected chi connectivity index (χ1v) is 7.60. The molecule has 1 aromatic carbocycles. The highest BCUT2D eigenvalue weighted by Crippen LogP contribution is 2.10. The van der Waals surface area contributed by atoms with Crippen LogP contribution in [0.2, 0.25) is 0 Å². The van der Waals surface area contributed by atoms with Gasteiger partial charge in [-0.15, -0.1) is 0 Å². The normalized spacial score (nSPS) is 12.6. The number of ether oxygens (including phenoxy) is 1. The molecule has 0 aromatic heterocycles. The second-order valence-corrected chi connectivity index (χ2v) is 5.16. The summed E-state index contributed by atoms with van der Waals surface area (Å²) in [6, 6.07) is 9.62. The Hall–Kier alpha value is -0.860. The quantitative estimate of drug-likeness (QED) is 0.651. The number of nitrogens with one attached hydrogen (secondary N) is 1. The maximum Gasteiger partial charge on any atom is 0.0462 e. The van der Waals surface area contributed by atoms with Crippen molar-refractivity contribution in [3.8, 4) is 0 Å². The van der Waals surface area contributed by atoms with Gasteiger partial charge < -0.3 is 10.1 Å². The Morgan fingerprint density at radius 1 is 1.11 bits per heavy atom. The fourth-order valence-corrected chi connectivity index (χ4v) is 2.29. The van der Waals surface area contributed by atoms with Crippen molar-refractivity contribution in [3.05, 3.63) is 35.4 Å². The molecule has 108 valence electrons. The highest BCUT2D eigenvalue weighted by atomic mass is 16.5. The third-order valence-corrected chi connectivity index (χ3v) is 3.50. The largest absolute Gasteiger partial charge is 0.385 e. The van der Waals surface area contributed by atoms with Crippen LogP contribution in [-0.2, 0) is 17.6 Å². The van der Waals surface area contributed by atoms with Gasteiger partial charge in [-0.3, -0.25) is 0 Å². The first kappa shape index (κ1) is 16.2. The minimum absolute atomic E-state index is 0.572. The van der Waals surface area contributed by atoms with Gasteiger partial charge in [0, 0.05) is 19.8 Å². The number of hydrogen-bond acceptors (Lipinski definition) is 2. The van der Waals surface area contributed by atoms with Crippen molar-refractivity contribution >= 4 is 0 Å². The van der Waals surface area contributed by atoms with E-state index in [0.717, 1.165) is 32.4 Å². The van der Waals surface area contributed by atoms with Crippen LogP contribution in [0.15, 0.2) is 24.3 Å². The lowest BCUT2D eigenvalue weighted by Gasteiger charge is -2.18. The van der Waals surface area contributed by atoms with E-state index in [-0.39, 0.29) is 0 Å². The highest BCUT2D eigenvalue weighted by Gasteiger charge is 2.08. The Bertz CT molecular complexity index is 321. The molecule has 0 radical (unpaired) electrons. The molecule has 2 heteroatoms. The molecule has 0 saturated carbocycles. The van der Waals surface area contributed by atoms with E-state index in [1.165, 1.54) is 24.0 Å². The monoisotopic (exact) mass is 263 g/mol. The van der Waals surface area contributed by atoms with E-state index in [0.29, 0.717) is 6.04 Å². The summed E-state index contributed by atoms with van der Waals surface area (Å²) in [4.78, 5) is 0. The molecule has 2 nitrogen and oxygen atoms in total. The predicted molar refractivity (Wildman–Crippen MR) is 82.7 cm³/mol. The van der Waals surface area contributed by atoms with E-state index in [2.05, 4.69) is 43.4 Å². The van der Waals surface area contributed by atoms with Crippen LogP contribution in [0.4, 0.5) is 0 Å². The van der Waals surface area contributed by atoms with Crippen LogP contribution in [0.3, 0.4) is 0 Å². The number of hydrogen-bond donors (Lipinski definition) is 1. The summed E-state index contributed by atoms with van der Waals surface area (Å²) in [5.74, 6) is 0. The summed E-state index contributed by atoms with van der Waals surface area (Å²) in [6.45, 7) is 6.38. The summed E-state index contributed by atoms with van der Waals surface area (Å²) in [5.41, 5.74) is 2.85. The molecule has 0 amide bonds. The average Bonchev–Trinajstić information content (AvgIpc) is 2.45. The van der Waals surface area contributed by atoms with Crippen LogP contribution in [0, 0.1) is 0 Å². The number of aryl methyl sites for hydroxylation is 1. The molecule has 0 aliphatic heterocycles. The summed E-state index contributed by atoms with van der Waals surface area (Å²) >= 11 is 0. The summed E-state index contributed by atoms with van der Waals surface area (Å²) < 4.78 is 5.15. The van der Waals surface area contributed by atoms with Crippen molar-refractivity contribution < 1.29 is 4.74 Å². The smallest absolute Gasteiger partial charge is 0.0462 e. The van der Waals surface area contributed by atoms with E-state index in [9.17, 15) is 0 Å². The molecule has 0 aliphatic carbocycles. The second kappa shape index (κ2) is 9.99. The van der Waals surface area contributed by atoms with Crippen molar-refractivity contribution in [1.82, 2.24) is 5.32 Å². The molecule has 1 N–H and O–H groups in total. The fraction of sp³-hybridized carbons (Fsp3) is 0.647. The van der Waals surface area contributed by atoms with Gasteiger partial charge in [0.2, 0.25) is 0 Å². The molecule has 1 atom stereocenters. The van der Waals surface area contributed by atoms with Gasteiger partial charge >= 0.3 is 0 Å². The van der Waals surface area contributed by atoms with Crippen molar-refractivity contribution in [2.75, 3.05) is 20.3 Å². The van der Waals surface area contributed by atoms with Gasteiger partial charge in [-0.25, -0.2) is 0 Å². The first-order valence-electron chi connectivity index (χ1n) is 7.60. The Morgan fingerprint density at radius 3 is 2.37 bits per heavy atom. The van der Waals surface area contributed by atoms with Crippen molar-refractivity contribution in [3.63, 3.8) is 0 Å². The zero-order valence-corrected chi connectivity index (χ0v) is 12.7. The summed E-state index contributed by atoms with van der Waals surface area (Å²) in [6.07, 6.45) is 5.74. The average molecular weight is 263 g/mol. The molecular weight excluding hydrogens is 234 g/mol. The Kier molecular flexibility index (Phi) is 8.52. The molecule has 0 fully saturated rings. The Balaban J connectivity index is 2.48. The first-order chi connectivity index (χ1) is 9.30. The van der Waals surface area contributed by atoms with Gasteiger partial charge in [0.05, 0.1) is 0 Å². The number of methoxy groups -OCH3 is 1. The minimum Gasteiger partial charge on any atom is -0.385 e. The molecule has 1 rings (SSSR count). The summed E-state index contributed by atoms with van der Waals surface area (Å²) in [5, 5.41) is 3.65. The zero-order valence-electron chi connectivity index (χ0n) is 12.7. The van der Waals surface area contributed by atoms with Crippen LogP contribution in [0.1, 0.15) is 44.2 Å². The minimum atomic E-state index is 0.572. The molecule has 19 heavy (non-hydrogen) atoms. The molecular formula is C17H29NO. The van der Waals surface area contributed by atoms with Crippen LogP contribution < -0.4 is 5.32 Å². The highest BCUT2D eigenvalue weighted by molar-refractivity contribution is 5.23. The zero-order chi connectivity index (χ0) is 13.9. The van der Waals surface area contributed by atoms with E-state index >= 15 is 0 Å². The third-order valence-electron chi connectivity index (χ3n) is 3.50. The van der Waals surface area contributed by atoms with Crippen LogP contribution >= 0.6 is 0 Å². The third kappa shape index (κ3) is 6.74. The molecule has 0 heterocycles. The van der Waals surface area contributed by atoms with Crippen LogP contribution in [0.25, 0.3) is 0 Å². The lowest BCUT2D eigenvalue weighted by atomic mass is 10.00. The van der Waals surface area contributed by atoms with Crippen LogP contribution in [-0.4, -0.2) is 26.3 Å². The van der Waals surface area contributed by atoms with Gasteiger partial charge in [-0.05, 0) is 49.8 Å². The predicted octanol–water partition coefficient (Wildman–Crippen LogP) is 3.59. The molecule has 1 aromatic rings. The molecule has 0 spiro atoms. The van der Waals surface area contributed by atoms with E-state index in [1.807, 2.05) is 0 Å². The lowest BCUT2D eigenvalue weighted by Crippen LogP contribution is -2.32. The Labute approximate surface area is 118 Å². The molecule has 1 unspecified atom stereocenters. The Morgan fingerprint density at radius 2 is 1.79 bits per heavy atom. The summed E-state index contributed by atoms with van der Waals surface area (Å²) in [7, 11) is 1.78.